The molecule has 10 heteroatoms. The van der Waals surface area contributed by atoms with Crippen LogP contribution in [0, 0.1) is 11.6 Å². The average Bonchev–Trinajstić information content (AvgIpc) is 3.02. The number of hydrogen-bond acceptors (Lipinski definition) is 5. The number of sulfonamides is 1. The number of hydrogen-bond donors (Lipinski definition) is 0. The highest BCUT2D eigenvalue weighted by atomic mass is 32.2. The second-order valence-corrected chi connectivity index (χ2v) is 7.67. The van der Waals surface area contributed by atoms with Crippen LogP contribution < -0.4 is 0 Å². The Morgan fingerprint density at radius 3 is 2.54 bits per heavy atom. The van der Waals surface area contributed by atoms with E-state index in [1.807, 2.05) is 0 Å². The summed E-state index contributed by atoms with van der Waals surface area (Å²) < 4.78 is 57.7. The van der Waals surface area contributed by atoms with Crippen molar-refractivity contribution in [3.63, 3.8) is 0 Å². The molecule has 0 atom stereocenters. The van der Waals surface area contributed by atoms with Crippen LogP contribution in [0.15, 0.2) is 69.3 Å². The topological polar surface area (TPSA) is 77.2 Å². The lowest BCUT2D eigenvalue weighted by molar-refractivity contribution is 0.554. The molecule has 0 radical (unpaired) electrons. The number of thioether (sulfide) groups is 1. The Morgan fingerprint density at radius 1 is 1.15 bits per heavy atom. The van der Waals surface area contributed by atoms with Gasteiger partial charge in [0.05, 0.1) is 0 Å². The Balaban J connectivity index is 2.11. The van der Waals surface area contributed by atoms with Gasteiger partial charge in [0.25, 0.3) is 10.0 Å². The van der Waals surface area contributed by atoms with E-state index in [0.29, 0.717) is 16.8 Å². The van der Waals surface area contributed by atoms with Crippen molar-refractivity contribution in [2.75, 3.05) is 0 Å². The maximum Gasteiger partial charge on any atom is 0.286 e. The molecule has 0 bridgehead atoms. The third-order valence-electron chi connectivity index (χ3n) is 3.25. The van der Waals surface area contributed by atoms with E-state index in [1.165, 1.54) is 6.33 Å². The van der Waals surface area contributed by atoms with Crippen LogP contribution in [0.25, 0.3) is 0 Å². The van der Waals surface area contributed by atoms with Gasteiger partial charge >= 0.3 is 0 Å². The fourth-order valence-electron chi connectivity index (χ4n) is 2.00. The lowest BCUT2D eigenvalue weighted by atomic mass is 10.2. The molecule has 1 aromatic heterocycles. The maximum absolute atomic E-state index is 13.9. The molecule has 0 spiro atoms. The maximum atomic E-state index is 13.9. The standard InChI is InChI=1S/C16H12F2N4O2S2/c1-22-10-19-20-16(22)25-15(11-5-3-2-4-6-11)21-26(23,24)14-9-12(17)7-8-13(14)18/h2-10H,1H3/b21-15+. The van der Waals surface area contributed by atoms with Gasteiger partial charge < -0.3 is 4.57 Å². The zero-order chi connectivity index (χ0) is 18.7. The van der Waals surface area contributed by atoms with Gasteiger partial charge in [-0.25, -0.2) is 8.78 Å². The summed E-state index contributed by atoms with van der Waals surface area (Å²) in [5.74, 6) is -1.95. The van der Waals surface area contributed by atoms with E-state index < -0.39 is 26.6 Å². The molecule has 0 saturated heterocycles. The highest BCUT2D eigenvalue weighted by Crippen LogP contribution is 2.25. The lowest BCUT2D eigenvalue weighted by Crippen LogP contribution is -2.07. The SMILES string of the molecule is Cn1cnnc1S/C(=N/S(=O)(=O)c1cc(F)ccc1F)c1ccccc1. The first-order chi connectivity index (χ1) is 12.4. The highest BCUT2D eigenvalue weighted by Gasteiger charge is 2.22. The second kappa shape index (κ2) is 7.34. The molecule has 6 nitrogen and oxygen atoms in total. The number of halogens is 2. The molecule has 0 aliphatic heterocycles. The van der Waals surface area contributed by atoms with Crippen LogP contribution in [-0.2, 0) is 17.1 Å². The number of rotatable bonds is 4. The largest absolute Gasteiger partial charge is 0.311 e. The summed E-state index contributed by atoms with van der Waals surface area (Å²) in [4.78, 5) is -0.829. The third-order valence-corrected chi connectivity index (χ3v) is 5.73. The van der Waals surface area contributed by atoms with Crippen LogP contribution >= 0.6 is 11.8 Å². The van der Waals surface area contributed by atoms with Gasteiger partial charge in [0.15, 0.2) is 5.16 Å². The van der Waals surface area contributed by atoms with Crippen molar-refractivity contribution >= 4 is 26.8 Å². The zero-order valence-electron chi connectivity index (χ0n) is 13.4. The predicted molar refractivity (Wildman–Crippen MR) is 93.4 cm³/mol. The van der Waals surface area contributed by atoms with E-state index in [0.717, 1.165) is 23.9 Å². The molecular weight excluding hydrogens is 382 g/mol. The normalized spacial score (nSPS) is 12.3. The Hall–Kier alpha value is -2.59. The molecule has 0 unspecified atom stereocenters. The summed E-state index contributed by atoms with van der Waals surface area (Å²) >= 11 is 0.951. The fourth-order valence-corrected chi connectivity index (χ4v) is 4.14. The van der Waals surface area contributed by atoms with Gasteiger partial charge in [-0.3, -0.25) is 0 Å². The van der Waals surface area contributed by atoms with Crippen molar-refractivity contribution < 1.29 is 17.2 Å². The molecular formula is C16H12F2N4O2S2. The van der Waals surface area contributed by atoms with E-state index in [-0.39, 0.29) is 5.04 Å². The van der Waals surface area contributed by atoms with Crippen LogP contribution in [0.4, 0.5) is 8.78 Å². The number of nitrogens with zero attached hydrogens (tertiary/aromatic N) is 4. The van der Waals surface area contributed by atoms with Gasteiger partial charge in [0, 0.05) is 12.6 Å². The van der Waals surface area contributed by atoms with Crippen LogP contribution in [0.2, 0.25) is 0 Å². The molecule has 0 aliphatic carbocycles. The monoisotopic (exact) mass is 394 g/mol. The minimum atomic E-state index is -4.48. The summed E-state index contributed by atoms with van der Waals surface area (Å²) in [6.07, 6.45) is 1.45. The average molecular weight is 394 g/mol. The van der Waals surface area contributed by atoms with Gasteiger partial charge in [0.2, 0.25) is 0 Å². The first kappa shape index (κ1) is 18.2. The quantitative estimate of drug-likeness (QED) is 0.386. The molecule has 0 aliphatic rings. The van der Waals surface area contributed by atoms with Crippen LogP contribution in [0.1, 0.15) is 5.56 Å². The van der Waals surface area contributed by atoms with Gasteiger partial charge in [-0.05, 0) is 30.0 Å². The minimum absolute atomic E-state index is 0.0605. The molecule has 2 aromatic carbocycles. The summed E-state index contributed by atoms with van der Waals surface area (Å²) in [5, 5.41) is 8.06. The van der Waals surface area contributed by atoms with Crippen molar-refractivity contribution in [2.24, 2.45) is 11.4 Å². The Bertz CT molecular complexity index is 1070. The van der Waals surface area contributed by atoms with Crippen molar-refractivity contribution in [1.29, 1.82) is 0 Å². The van der Waals surface area contributed by atoms with Crippen molar-refractivity contribution in [1.82, 2.24) is 14.8 Å². The Labute approximate surface area is 152 Å². The molecule has 0 fully saturated rings. The first-order valence-electron chi connectivity index (χ1n) is 7.24. The van der Waals surface area contributed by atoms with Gasteiger partial charge in [-0.2, -0.15) is 12.8 Å². The van der Waals surface area contributed by atoms with Gasteiger partial charge in [-0.1, -0.05) is 30.3 Å². The lowest BCUT2D eigenvalue weighted by Gasteiger charge is -2.07. The Morgan fingerprint density at radius 2 is 1.88 bits per heavy atom. The number of aromatic nitrogens is 3. The minimum Gasteiger partial charge on any atom is -0.311 e. The van der Waals surface area contributed by atoms with E-state index in [4.69, 9.17) is 0 Å². The van der Waals surface area contributed by atoms with Crippen LogP contribution in [0.3, 0.4) is 0 Å². The van der Waals surface area contributed by atoms with Crippen LogP contribution in [0.5, 0.6) is 0 Å². The van der Waals surface area contributed by atoms with E-state index in [1.54, 1.807) is 41.9 Å². The predicted octanol–water partition coefficient (Wildman–Crippen LogP) is 3.02. The Kier molecular flexibility index (Phi) is 5.14. The molecule has 134 valence electrons. The highest BCUT2D eigenvalue weighted by molar-refractivity contribution is 8.15. The zero-order valence-corrected chi connectivity index (χ0v) is 15.0. The van der Waals surface area contributed by atoms with Crippen molar-refractivity contribution in [3.05, 3.63) is 72.1 Å². The van der Waals surface area contributed by atoms with Crippen molar-refractivity contribution in [2.45, 2.75) is 10.1 Å². The third kappa shape index (κ3) is 3.97. The smallest absolute Gasteiger partial charge is 0.286 e. The number of aryl methyl sites for hydroxylation is 1. The van der Waals surface area contributed by atoms with E-state index in [9.17, 15) is 17.2 Å². The fraction of sp³-hybridized carbons (Fsp3) is 0.0625. The summed E-state index contributed by atoms with van der Waals surface area (Å²) in [6.45, 7) is 0. The summed E-state index contributed by atoms with van der Waals surface area (Å²) in [7, 11) is -2.80. The van der Waals surface area contributed by atoms with Crippen molar-refractivity contribution in [3.8, 4) is 0 Å². The second-order valence-electron chi connectivity index (χ2n) is 5.14. The van der Waals surface area contributed by atoms with Gasteiger partial charge in [-0.15, -0.1) is 10.2 Å². The summed E-state index contributed by atoms with van der Waals surface area (Å²) in [6, 6.07) is 10.7. The first-order valence-corrected chi connectivity index (χ1v) is 9.50. The number of benzene rings is 2. The molecule has 0 amide bonds. The molecule has 0 N–H and O–H groups in total. The molecule has 0 saturated carbocycles. The van der Waals surface area contributed by atoms with Crippen LogP contribution in [-0.4, -0.2) is 28.2 Å². The molecule has 3 aromatic rings. The van der Waals surface area contributed by atoms with E-state index in [2.05, 4.69) is 14.6 Å². The molecule has 3 rings (SSSR count). The summed E-state index contributed by atoms with van der Waals surface area (Å²) in [5.41, 5.74) is 0.487. The van der Waals surface area contributed by atoms with E-state index >= 15 is 0 Å². The molecule has 1 heterocycles. The molecule has 26 heavy (non-hydrogen) atoms. The van der Waals surface area contributed by atoms with Gasteiger partial charge in [0.1, 0.15) is 27.9 Å².